The molecule has 0 atom stereocenters. The smallest absolute Gasteiger partial charge is 0.253 e. The molecule has 1 aromatic rings. The number of carbonyl (C=O) groups excluding carboxylic acids is 2. The van der Waals surface area contributed by atoms with Gasteiger partial charge >= 0.3 is 0 Å². The number of nitrogens with one attached hydrogen (secondary N) is 3. The Morgan fingerprint density at radius 3 is 2.75 bits per heavy atom. The van der Waals surface area contributed by atoms with Crippen molar-refractivity contribution in [3.8, 4) is 0 Å². The van der Waals surface area contributed by atoms with Crippen LogP contribution in [-0.2, 0) is 4.79 Å². The number of amides is 2. The van der Waals surface area contributed by atoms with Crippen LogP contribution in [0.1, 0.15) is 30.1 Å². The predicted molar refractivity (Wildman–Crippen MR) is 76.5 cm³/mol. The number of anilines is 1. The summed E-state index contributed by atoms with van der Waals surface area (Å²) < 4.78 is 0. The third-order valence-electron chi connectivity index (χ3n) is 3.09. The Morgan fingerprint density at radius 1 is 1.30 bits per heavy atom. The number of rotatable bonds is 7. The zero-order valence-electron chi connectivity index (χ0n) is 11.6. The molecule has 1 fully saturated rings. The highest BCUT2D eigenvalue weighted by Gasteiger charge is 2.28. The molecule has 0 radical (unpaired) electrons. The second-order valence-corrected chi connectivity index (χ2v) is 4.77. The number of pyridine rings is 1. The first-order valence-corrected chi connectivity index (χ1v) is 6.96. The summed E-state index contributed by atoms with van der Waals surface area (Å²) in [6.07, 6.45) is 5.19. The first-order valence-electron chi connectivity index (χ1n) is 6.96. The van der Waals surface area contributed by atoms with E-state index >= 15 is 0 Å². The lowest BCUT2D eigenvalue weighted by atomic mass is 10.2. The summed E-state index contributed by atoms with van der Waals surface area (Å²) >= 11 is 0. The molecule has 2 rings (SSSR count). The van der Waals surface area contributed by atoms with Gasteiger partial charge in [-0.1, -0.05) is 0 Å². The molecule has 0 aromatic carbocycles. The van der Waals surface area contributed by atoms with Crippen molar-refractivity contribution in [1.82, 2.24) is 15.6 Å². The van der Waals surface area contributed by atoms with E-state index in [9.17, 15) is 9.59 Å². The minimum absolute atomic E-state index is 0.0940. The average molecular weight is 276 g/mol. The van der Waals surface area contributed by atoms with Gasteiger partial charge < -0.3 is 16.0 Å². The fourth-order valence-electron chi connectivity index (χ4n) is 1.87. The second-order valence-electron chi connectivity index (χ2n) is 4.77. The fourth-order valence-corrected chi connectivity index (χ4v) is 1.87. The average Bonchev–Trinajstić information content (AvgIpc) is 3.28. The molecule has 0 aliphatic heterocycles. The van der Waals surface area contributed by atoms with Crippen LogP contribution >= 0.6 is 0 Å². The maximum atomic E-state index is 12.0. The van der Waals surface area contributed by atoms with E-state index in [0.29, 0.717) is 18.7 Å². The van der Waals surface area contributed by atoms with Crippen molar-refractivity contribution in [3.63, 3.8) is 0 Å². The molecule has 0 saturated heterocycles. The highest BCUT2D eigenvalue weighted by molar-refractivity contribution is 5.99. The fraction of sp³-hybridized carbons (Fsp3) is 0.500. The van der Waals surface area contributed by atoms with Gasteiger partial charge in [-0.25, -0.2) is 0 Å². The maximum absolute atomic E-state index is 12.0. The van der Waals surface area contributed by atoms with Crippen molar-refractivity contribution in [2.75, 3.05) is 25.0 Å². The van der Waals surface area contributed by atoms with Crippen molar-refractivity contribution in [2.24, 2.45) is 5.92 Å². The summed E-state index contributed by atoms with van der Waals surface area (Å²) in [5, 5.41) is 8.70. The molecule has 1 aliphatic carbocycles. The summed E-state index contributed by atoms with van der Waals surface area (Å²) in [7, 11) is 0. The van der Waals surface area contributed by atoms with Gasteiger partial charge in [-0.2, -0.15) is 0 Å². The normalized spacial score (nSPS) is 13.7. The first kappa shape index (κ1) is 14.3. The van der Waals surface area contributed by atoms with Gasteiger partial charge in [-0.15, -0.1) is 0 Å². The first-order chi connectivity index (χ1) is 9.72. The van der Waals surface area contributed by atoms with Crippen LogP contribution in [0.4, 0.5) is 5.69 Å². The van der Waals surface area contributed by atoms with E-state index < -0.39 is 0 Å². The highest BCUT2D eigenvalue weighted by atomic mass is 16.2. The third kappa shape index (κ3) is 3.94. The minimum Gasteiger partial charge on any atom is -0.383 e. The van der Waals surface area contributed by atoms with Crippen LogP contribution in [0, 0.1) is 5.92 Å². The molecule has 1 aliphatic rings. The molecule has 0 spiro atoms. The molecule has 1 saturated carbocycles. The molecule has 0 unspecified atom stereocenters. The number of hydrogen-bond acceptors (Lipinski definition) is 4. The van der Waals surface area contributed by atoms with E-state index in [1.807, 2.05) is 6.92 Å². The molecule has 2 amide bonds. The van der Waals surface area contributed by atoms with Crippen molar-refractivity contribution in [2.45, 2.75) is 19.8 Å². The number of nitrogens with zero attached hydrogens (tertiary/aromatic N) is 1. The Bertz CT molecular complexity index is 486. The second kappa shape index (κ2) is 6.88. The molecule has 1 aromatic heterocycles. The van der Waals surface area contributed by atoms with Crippen LogP contribution in [0.2, 0.25) is 0 Å². The minimum atomic E-state index is -0.163. The topological polar surface area (TPSA) is 83.1 Å². The van der Waals surface area contributed by atoms with Crippen LogP contribution in [0.15, 0.2) is 18.5 Å². The van der Waals surface area contributed by atoms with Crippen molar-refractivity contribution in [1.29, 1.82) is 0 Å². The van der Waals surface area contributed by atoms with Gasteiger partial charge in [0.15, 0.2) is 0 Å². The summed E-state index contributed by atoms with van der Waals surface area (Å²) in [5.74, 6) is 0.131. The molecule has 108 valence electrons. The summed E-state index contributed by atoms with van der Waals surface area (Å²) in [5.41, 5.74) is 1.28. The molecule has 6 heteroatoms. The Morgan fingerprint density at radius 2 is 2.05 bits per heavy atom. The van der Waals surface area contributed by atoms with E-state index in [1.165, 1.54) is 0 Å². The Kier molecular flexibility index (Phi) is 4.92. The quantitative estimate of drug-likeness (QED) is 0.642. The molecule has 20 heavy (non-hydrogen) atoms. The lowest BCUT2D eigenvalue weighted by Gasteiger charge is -2.10. The van der Waals surface area contributed by atoms with Crippen molar-refractivity contribution in [3.05, 3.63) is 24.0 Å². The maximum Gasteiger partial charge on any atom is 0.253 e. The van der Waals surface area contributed by atoms with Gasteiger partial charge in [0.1, 0.15) is 0 Å². The SMILES string of the molecule is CCNc1cnccc1C(=O)NCCNC(=O)C1CC1. The van der Waals surface area contributed by atoms with Crippen molar-refractivity contribution >= 4 is 17.5 Å². The van der Waals surface area contributed by atoms with E-state index in [1.54, 1.807) is 18.5 Å². The molecular formula is C14H20N4O2. The molecule has 0 bridgehead atoms. The van der Waals surface area contributed by atoms with Gasteiger partial charge in [-0.3, -0.25) is 14.6 Å². The highest BCUT2D eigenvalue weighted by Crippen LogP contribution is 2.28. The van der Waals surface area contributed by atoms with Gasteiger partial charge in [0, 0.05) is 31.7 Å². The third-order valence-corrected chi connectivity index (χ3v) is 3.09. The van der Waals surface area contributed by atoms with Crippen LogP contribution in [0.3, 0.4) is 0 Å². The zero-order valence-corrected chi connectivity index (χ0v) is 11.6. The van der Waals surface area contributed by atoms with Crippen LogP contribution in [0.5, 0.6) is 0 Å². The van der Waals surface area contributed by atoms with E-state index in [0.717, 1.165) is 25.1 Å². The van der Waals surface area contributed by atoms with Gasteiger partial charge in [0.25, 0.3) is 5.91 Å². The number of carbonyl (C=O) groups is 2. The molecular weight excluding hydrogens is 256 g/mol. The Labute approximate surface area is 118 Å². The van der Waals surface area contributed by atoms with Crippen LogP contribution < -0.4 is 16.0 Å². The zero-order chi connectivity index (χ0) is 14.4. The lowest BCUT2D eigenvalue weighted by molar-refractivity contribution is -0.122. The van der Waals surface area contributed by atoms with E-state index in [2.05, 4.69) is 20.9 Å². The summed E-state index contributed by atoms with van der Waals surface area (Å²) in [6.45, 7) is 3.57. The summed E-state index contributed by atoms with van der Waals surface area (Å²) in [4.78, 5) is 27.4. The monoisotopic (exact) mass is 276 g/mol. The Hall–Kier alpha value is -2.11. The van der Waals surface area contributed by atoms with Gasteiger partial charge in [0.2, 0.25) is 5.91 Å². The lowest BCUT2D eigenvalue weighted by Crippen LogP contribution is -2.35. The summed E-state index contributed by atoms with van der Waals surface area (Å²) in [6, 6.07) is 1.68. The van der Waals surface area contributed by atoms with Gasteiger partial charge in [-0.05, 0) is 25.8 Å². The van der Waals surface area contributed by atoms with Crippen molar-refractivity contribution < 1.29 is 9.59 Å². The standard InChI is InChI=1S/C14H20N4O2/c1-2-16-12-9-15-6-5-11(12)14(20)18-8-7-17-13(19)10-3-4-10/h5-6,9-10,16H,2-4,7-8H2,1H3,(H,17,19)(H,18,20). The van der Waals surface area contributed by atoms with Crippen LogP contribution in [-0.4, -0.2) is 36.4 Å². The largest absolute Gasteiger partial charge is 0.383 e. The predicted octanol–water partition coefficient (Wildman–Crippen LogP) is 0.769. The van der Waals surface area contributed by atoms with E-state index in [4.69, 9.17) is 0 Å². The Balaban J connectivity index is 1.77. The number of aromatic nitrogens is 1. The van der Waals surface area contributed by atoms with E-state index in [-0.39, 0.29) is 17.7 Å². The molecule has 1 heterocycles. The molecule has 6 nitrogen and oxygen atoms in total. The molecule has 3 N–H and O–H groups in total. The number of hydrogen-bond donors (Lipinski definition) is 3. The van der Waals surface area contributed by atoms with Gasteiger partial charge in [0.05, 0.1) is 17.4 Å². The van der Waals surface area contributed by atoms with Crippen LogP contribution in [0.25, 0.3) is 0 Å².